The Hall–Kier alpha value is -1.84. The first-order valence-electron chi connectivity index (χ1n) is 6.29. The first-order valence-corrected chi connectivity index (χ1v) is 6.29. The number of nitrogens with one attached hydrogen (secondary N) is 1. The van der Waals surface area contributed by atoms with Crippen LogP contribution in [0.25, 0.3) is 0 Å². The quantitative estimate of drug-likeness (QED) is 0.806. The van der Waals surface area contributed by atoms with E-state index in [-0.39, 0.29) is 11.7 Å². The molecule has 1 amide bonds. The highest BCUT2D eigenvalue weighted by molar-refractivity contribution is 5.95. The Kier molecular flexibility index (Phi) is 3.97. The van der Waals surface area contributed by atoms with Gasteiger partial charge in [-0.05, 0) is 25.5 Å². The molecule has 1 fully saturated rings. The van der Waals surface area contributed by atoms with E-state index in [9.17, 15) is 9.59 Å². The maximum Gasteiger partial charge on any atom is 0.220 e. The fraction of sp³-hybridized carbons (Fsp3) is 0.429. The molecule has 1 aromatic rings. The molecule has 1 N–H and O–H groups in total. The first-order chi connectivity index (χ1) is 8.66. The van der Waals surface area contributed by atoms with Crippen LogP contribution in [0.2, 0.25) is 0 Å². The molecule has 18 heavy (non-hydrogen) atoms. The molecular weight excluding hydrogens is 228 g/mol. The molecule has 0 unspecified atom stereocenters. The minimum absolute atomic E-state index is 0.0807. The molecule has 0 bridgehead atoms. The van der Waals surface area contributed by atoms with Gasteiger partial charge in [0.15, 0.2) is 5.78 Å². The van der Waals surface area contributed by atoms with E-state index >= 15 is 0 Å². The van der Waals surface area contributed by atoms with E-state index in [1.54, 1.807) is 6.92 Å². The number of ketones is 1. The summed E-state index contributed by atoms with van der Waals surface area (Å²) >= 11 is 0. The van der Waals surface area contributed by atoms with E-state index in [4.69, 9.17) is 0 Å². The van der Waals surface area contributed by atoms with Crippen LogP contribution in [0.5, 0.6) is 0 Å². The number of benzene rings is 1. The van der Waals surface area contributed by atoms with Crippen LogP contribution < -0.4 is 10.2 Å². The molecule has 1 heterocycles. The van der Waals surface area contributed by atoms with Crippen LogP contribution in [-0.4, -0.2) is 31.3 Å². The summed E-state index contributed by atoms with van der Waals surface area (Å²) in [7, 11) is 0. The monoisotopic (exact) mass is 246 g/mol. The Labute approximate surface area is 107 Å². The van der Waals surface area contributed by atoms with Crippen LogP contribution in [0, 0.1) is 0 Å². The standard InChI is InChI=1S/C14H18N2O2/c1-11(17)12-4-2-5-13(10-12)16-8-3-6-14(18)15-7-9-16/h2,4-5,10H,3,6-9H2,1H3,(H,15,18). The van der Waals surface area contributed by atoms with Crippen molar-refractivity contribution in [2.75, 3.05) is 24.5 Å². The summed E-state index contributed by atoms with van der Waals surface area (Å²) < 4.78 is 0. The molecule has 0 aromatic heterocycles. The number of hydrogen-bond donors (Lipinski definition) is 1. The molecular formula is C14H18N2O2. The second kappa shape index (κ2) is 5.67. The first kappa shape index (κ1) is 12.6. The van der Waals surface area contributed by atoms with Crippen molar-refractivity contribution < 1.29 is 9.59 Å². The fourth-order valence-corrected chi connectivity index (χ4v) is 2.14. The van der Waals surface area contributed by atoms with Crippen molar-refractivity contribution in [2.45, 2.75) is 19.8 Å². The van der Waals surface area contributed by atoms with Gasteiger partial charge in [-0.15, -0.1) is 0 Å². The third-order valence-corrected chi connectivity index (χ3v) is 3.15. The molecule has 2 rings (SSSR count). The van der Waals surface area contributed by atoms with E-state index < -0.39 is 0 Å². The minimum atomic E-state index is 0.0807. The van der Waals surface area contributed by atoms with E-state index in [0.717, 1.165) is 30.8 Å². The molecule has 0 atom stereocenters. The Bertz CT molecular complexity index is 445. The number of anilines is 1. The lowest BCUT2D eigenvalue weighted by Crippen LogP contribution is -2.38. The third kappa shape index (κ3) is 3.09. The Balaban J connectivity index is 2.12. The predicted octanol–water partition coefficient (Wildman–Crippen LogP) is 1.61. The highest BCUT2D eigenvalue weighted by Crippen LogP contribution is 2.17. The van der Waals surface area contributed by atoms with Gasteiger partial charge >= 0.3 is 0 Å². The van der Waals surface area contributed by atoms with Crippen LogP contribution in [0.15, 0.2) is 24.3 Å². The second-order valence-corrected chi connectivity index (χ2v) is 4.55. The summed E-state index contributed by atoms with van der Waals surface area (Å²) in [4.78, 5) is 24.8. The summed E-state index contributed by atoms with van der Waals surface area (Å²) in [6.07, 6.45) is 1.42. The highest BCUT2D eigenvalue weighted by atomic mass is 16.1. The van der Waals surface area contributed by atoms with Gasteiger partial charge in [-0.25, -0.2) is 0 Å². The van der Waals surface area contributed by atoms with Crippen LogP contribution in [0.4, 0.5) is 5.69 Å². The van der Waals surface area contributed by atoms with Gasteiger partial charge in [0.1, 0.15) is 0 Å². The van der Waals surface area contributed by atoms with Crippen molar-refractivity contribution in [3.05, 3.63) is 29.8 Å². The lowest BCUT2D eigenvalue weighted by Gasteiger charge is -2.27. The van der Waals surface area contributed by atoms with Gasteiger partial charge < -0.3 is 10.2 Å². The summed E-state index contributed by atoms with van der Waals surface area (Å²) in [5, 5.41) is 2.87. The minimum Gasteiger partial charge on any atom is -0.370 e. The van der Waals surface area contributed by atoms with Gasteiger partial charge in [-0.2, -0.15) is 0 Å². The van der Waals surface area contributed by atoms with Gasteiger partial charge in [0.25, 0.3) is 0 Å². The fourth-order valence-electron chi connectivity index (χ4n) is 2.14. The predicted molar refractivity (Wildman–Crippen MR) is 70.9 cm³/mol. The molecule has 1 aliphatic rings. The van der Waals surface area contributed by atoms with Gasteiger partial charge in [-0.3, -0.25) is 9.59 Å². The van der Waals surface area contributed by atoms with Gasteiger partial charge in [0, 0.05) is 37.3 Å². The Morgan fingerprint density at radius 3 is 2.94 bits per heavy atom. The summed E-state index contributed by atoms with van der Waals surface area (Å²) in [6, 6.07) is 7.67. The molecule has 0 saturated carbocycles. The number of Topliss-reactive ketones (excluding diaryl/α,β-unsaturated/α-hetero) is 1. The number of carbonyl (C=O) groups excluding carboxylic acids is 2. The van der Waals surface area contributed by atoms with Crippen molar-refractivity contribution in [3.8, 4) is 0 Å². The maximum atomic E-state index is 11.4. The topological polar surface area (TPSA) is 49.4 Å². The maximum absolute atomic E-state index is 11.4. The normalized spacial score (nSPS) is 16.7. The summed E-state index contributed by atoms with van der Waals surface area (Å²) in [6.45, 7) is 3.87. The van der Waals surface area contributed by atoms with Crippen molar-refractivity contribution in [1.82, 2.24) is 5.32 Å². The number of rotatable bonds is 2. The average molecular weight is 246 g/mol. The number of amides is 1. The number of nitrogens with zero attached hydrogens (tertiary/aromatic N) is 1. The number of carbonyl (C=O) groups is 2. The zero-order valence-corrected chi connectivity index (χ0v) is 10.6. The SMILES string of the molecule is CC(=O)c1cccc(N2CCCC(=O)NCC2)c1. The van der Waals surface area contributed by atoms with E-state index in [1.165, 1.54) is 0 Å². The lowest BCUT2D eigenvalue weighted by molar-refractivity contribution is -0.121. The summed E-state index contributed by atoms with van der Waals surface area (Å²) in [5.74, 6) is 0.212. The molecule has 96 valence electrons. The van der Waals surface area contributed by atoms with Crippen LogP contribution >= 0.6 is 0 Å². The Morgan fingerprint density at radius 1 is 1.33 bits per heavy atom. The van der Waals surface area contributed by atoms with E-state index in [0.29, 0.717) is 13.0 Å². The summed E-state index contributed by atoms with van der Waals surface area (Å²) in [5.41, 5.74) is 1.79. The lowest BCUT2D eigenvalue weighted by atomic mass is 10.1. The highest BCUT2D eigenvalue weighted by Gasteiger charge is 2.12. The van der Waals surface area contributed by atoms with Gasteiger partial charge in [0.05, 0.1) is 0 Å². The van der Waals surface area contributed by atoms with Crippen molar-refractivity contribution in [3.63, 3.8) is 0 Å². The smallest absolute Gasteiger partial charge is 0.220 e. The third-order valence-electron chi connectivity index (χ3n) is 3.15. The molecule has 1 aliphatic heterocycles. The van der Waals surface area contributed by atoms with Crippen molar-refractivity contribution >= 4 is 17.4 Å². The van der Waals surface area contributed by atoms with Crippen LogP contribution in [-0.2, 0) is 4.79 Å². The number of hydrogen-bond acceptors (Lipinski definition) is 3. The molecule has 1 saturated heterocycles. The zero-order valence-electron chi connectivity index (χ0n) is 10.6. The van der Waals surface area contributed by atoms with Crippen molar-refractivity contribution in [2.24, 2.45) is 0 Å². The molecule has 0 aliphatic carbocycles. The van der Waals surface area contributed by atoms with E-state index in [2.05, 4.69) is 10.2 Å². The van der Waals surface area contributed by atoms with Gasteiger partial charge in [-0.1, -0.05) is 12.1 Å². The average Bonchev–Trinajstić information content (AvgIpc) is 2.34. The van der Waals surface area contributed by atoms with Crippen LogP contribution in [0.1, 0.15) is 30.1 Å². The molecule has 1 aromatic carbocycles. The molecule has 4 nitrogen and oxygen atoms in total. The van der Waals surface area contributed by atoms with E-state index in [1.807, 2.05) is 24.3 Å². The van der Waals surface area contributed by atoms with Crippen molar-refractivity contribution in [1.29, 1.82) is 0 Å². The zero-order chi connectivity index (χ0) is 13.0. The Morgan fingerprint density at radius 2 is 2.17 bits per heavy atom. The molecule has 0 spiro atoms. The molecule has 4 heteroatoms. The molecule has 0 radical (unpaired) electrons. The van der Waals surface area contributed by atoms with Gasteiger partial charge in [0.2, 0.25) is 5.91 Å². The second-order valence-electron chi connectivity index (χ2n) is 4.55. The van der Waals surface area contributed by atoms with Crippen LogP contribution in [0.3, 0.4) is 0 Å². The largest absolute Gasteiger partial charge is 0.370 e.